The lowest BCUT2D eigenvalue weighted by atomic mass is 9.84. The molecule has 1 heterocycles. The Labute approximate surface area is 91.5 Å². The maximum Gasteiger partial charge on any atom is 0.122 e. The lowest BCUT2D eigenvalue weighted by Crippen LogP contribution is -2.52. The van der Waals surface area contributed by atoms with Crippen molar-refractivity contribution in [3.63, 3.8) is 0 Å². The van der Waals surface area contributed by atoms with E-state index in [4.69, 9.17) is 10.1 Å². The van der Waals surface area contributed by atoms with E-state index in [1.54, 1.807) is 0 Å². The molecular weight excluding hydrogens is 190 g/mol. The third kappa shape index (κ3) is 1.98. The molecule has 0 fully saturated rings. The largest absolute Gasteiger partial charge is 0.271 e. The molecular formula is C11H19N3O. The molecule has 4 heteroatoms. The highest BCUT2D eigenvalue weighted by Gasteiger charge is 2.48. The van der Waals surface area contributed by atoms with Crippen LogP contribution < -0.4 is 0 Å². The third-order valence-corrected chi connectivity index (χ3v) is 3.17. The van der Waals surface area contributed by atoms with Gasteiger partial charge in [-0.1, -0.05) is 0 Å². The van der Waals surface area contributed by atoms with Crippen molar-refractivity contribution >= 4 is 5.84 Å². The number of nitriles is 1. The van der Waals surface area contributed by atoms with E-state index in [1.165, 1.54) is 0 Å². The van der Waals surface area contributed by atoms with E-state index >= 15 is 0 Å². The summed E-state index contributed by atoms with van der Waals surface area (Å²) in [7, 11) is 0. The summed E-state index contributed by atoms with van der Waals surface area (Å²) in [6.07, 6.45) is 0.403. The minimum Gasteiger partial charge on any atom is -0.271 e. The predicted octanol–water partition coefficient (Wildman–Crippen LogP) is 2.12. The molecule has 0 amide bonds. The van der Waals surface area contributed by atoms with Gasteiger partial charge in [0.05, 0.1) is 30.2 Å². The maximum atomic E-state index is 8.46. The normalized spacial score (nSPS) is 22.4. The van der Waals surface area contributed by atoms with Gasteiger partial charge in [0.2, 0.25) is 0 Å². The molecule has 0 aromatic heterocycles. The summed E-state index contributed by atoms with van der Waals surface area (Å²) < 4.78 is 0. The van der Waals surface area contributed by atoms with Gasteiger partial charge >= 0.3 is 0 Å². The van der Waals surface area contributed by atoms with E-state index in [1.807, 2.05) is 12.0 Å². The zero-order valence-corrected chi connectivity index (χ0v) is 10.2. The molecule has 0 bridgehead atoms. The molecule has 0 aromatic carbocycles. The first-order valence-corrected chi connectivity index (χ1v) is 5.19. The van der Waals surface area contributed by atoms with Crippen LogP contribution in [0.2, 0.25) is 0 Å². The Morgan fingerprint density at radius 2 is 2.00 bits per heavy atom. The van der Waals surface area contributed by atoms with Gasteiger partial charge in [-0.05, 0) is 34.6 Å². The molecule has 0 spiro atoms. The minimum absolute atomic E-state index is 0.163. The van der Waals surface area contributed by atoms with E-state index in [0.29, 0.717) is 13.0 Å². The molecule has 0 atom stereocenters. The van der Waals surface area contributed by atoms with Gasteiger partial charge in [0.1, 0.15) is 5.84 Å². The van der Waals surface area contributed by atoms with E-state index in [2.05, 4.69) is 38.8 Å². The predicted molar refractivity (Wildman–Crippen MR) is 59.3 cm³/mol. The standard InChI is InChI=1S/C11H19N3O/c1-9-13-10(2,3)11(4,5)14(9)15-8-6-7-12/h6,8H2,1-5H3. The van der Waals surface area contributed by atoms with Crippen molar-refractivity contribution in [3.05, 3.63) is 0 Å². The molecule has 1 rings (SSSR count). The molecule has 1 aliphatic heterocycles. The van der Waals surface area contributed by atoms with Crippen LogP contribution in [0.3, 0.4) is 0 Å². The molecule has 84 valence electrons. The maximum absolute atomic E-state index is 8.46. The zero-order chi connectivity index (χ0) is 11.7. The molecule has 0 unspecified atom stereocenters. The van der Waals surface area contributed by atoms with Crippen LogP contribution in [0.25, 0.3) is 0 Å². The fourth-order valence-corrected chi connectivity index (χ4v) is 1.68. The van der Waals surface area contributed by atoms with Crippen molar-refractivity contribution in [1.29, 1.82) is 5.26 Å². The van der Waals surface area contributed by atoms with Crippen LogP contribution in [0.15, 0.2) is 4.99 Å². The fourth-order valence-electron chi connectivity index (χ4n) is 1.68. The molecule has 4 nitrogen and oxygen atoms in total. The molecule has 0 saturated carbocycles. The number of aliphatic imine (C=N–C) groups is 1. The van der Waals surface area contributed by atoms with Crippen LogP contribution in [0, 0.1) is 11.3 Å². The summed E-state index contributed by atoms with van der Waals surface area (Å²) in [5, 5.41) is 10.3. The second-order valence-electron chi connectivity index (χ2n) is 4.81. The van der Waals surface area contributed by atoms with Gasteiger partial charge in [0.15, 0.2) is 0 Å². The highest BCUT2D eigenvalue weighted by Crippen LogP contribution is 2.37. The molecule has 0 aliphatic carbocycles. The molecule has 1 aliphatic rings. The van der Waals surface area contributed by atoms with Crippen LogP contribution in [0.5, 0.6) is 0 Å². The number of amidine groups is 1. The average Bonchev–Trinajstić information content (AvgIpc) is 2.23. The second-order valence-corrected chi connectivity index (χ2v) is 4.81. The van der Waals surface area contributed by atoms with Crippen molar-refractivity contribution in [3.8, 4) is 6.07 Å². The smallest absolute Gasteiger partial charge is 0.122 e. The highest BCUT2D eigenvalue weighted by atomic mass is 16.7. The Morgan fingerprint density at radius 3 is 2.40 bits per heavy atom. The molecule has 0 N–H and O–H groups in total. The number of hydrogen-bond donors (Lipinski definition) is 0. The van der Waals surface area contributed by atoms with Crippen LogP contribution in [0.4, 0.5) is 0 Å². The van der Waals surface area contributed by atoms with Gasteiger partial charge in [0.25, 0.3) is 0 Å². The van der Waals surface area contributed by atoms with Gasteiger partial charge in [-0.3, -0.25) is 9.83 Å². The van der Waals surface area contributed by atoms with E-state index in [0.717, 1.165) is 5.84 Å². The van der Waals surface area contributed by atoms with Crippen molar-refractivity contribution in [1.82, 2.24) is 5.06 Å². The van der Waals surface area contributed by atoms with Crippen molar-refractivity contribution in [2.24, 2.45) is 4.99 Å². The number of rotatable bonds is 3. The molecule has 15 heavy (non-hydrogen) atoms. The number of hydroxylamine groups is 2. The van der Waals surface area contributed by atoms with E-state index in [9.17, 15) is 0 Å². The summed E-state index contributed by atoms with van der Waals surface area (Å²) in [5.74, 6) is 0.878. The number of nitrogens with zero attached hydrogens (tertiary/aromatic N) is 3. The Balaban J connectivity index is 2.74. The summed E-state index contributed by atoms with van der Waals surface area (Å²) in [6, 6.07) is 2.06. The van der Waals surface area contributed by atoms with Gasteiger partial charge in [0, 0.05) is 0 Å². The summed E-state index contributed by atoms with van der Waals surface area (Å²) in [6.45, 7) is 10.7. The van der Waals surface area contributed by atoms with Gasteiger partial charge in [-0.25, -0.2) is 5.06 Å². The third-order valence-electron chi connectivity index (χ3n) is 3.17. The van der Waals surface area contributed by atoms with E-state index in [-0.39, 0.29) is 11.1 Å². The van der Waals surface area contributed by atoms with Crippen LogP contribution >= 0.6 is 0 Å². The summed E-state index contributed by atoms with van der Waals surface area (Å²) in [5.41, 5.74) is -0.337. The van der Waals surface area contributed by atoms with Gasteiger partial charge in [-0.2, -0.15) is 5.26 Å². The van der Waals surface area contributed by atoms with Crippen molar-refractivity contribution in [2.45, 2.75) is 52.1 Å². The average molecular weight is 209 g/mol. The monoisotopic (exact) mass is 209 g/mol. The quantitative estimate of drug-likeness (QED) is 0.669. The Hall–Kier alpha value is -1.08. The second kappa shape index (κ2) is 3.82. The lowest BCUT2D eigenvalue weighted by Gasteiger charge is -2.39. The Morgan fingerprint density at radius 1 is 1.40 bits per heavy atom. The van der Waals surface area contributed by atoms with Crippen LogP contribution in [-0.4, -0.2) is 28.6 Å². The zero-order valence-electron chi connectivity index (χ0n) is 10.2. The molecule has 0 saturated heterocycles. The first kappa shape index (κ1) is 12.0. The van der Waals surface area contributed by atoms with E-state index < -0.39 is 0 Å². The minimum atomic E-state index is -0.174. The first-order valence-electron chi connectivity index (χ1n) is 5.19. The summed E-state index contributed by atoms with van der Waals surface area (Å²) in [4.78, 5) is 10.2. The molecule has 0 radical (unpaired) electrons. The lowest BCUT2D eigenvalue weighted by molar-refractivity contribution is -0.159. The fraction of sp³-hybridized carbons (Fsp3) is 0.818. The number of hydrogen-bond acceptors (Lipinski definition) is 4. The Bertz CT molecular complexity index is 312. The molecule has 0 aromatic rings. The van der Waals surface area contributed by atoms with Crippen LogP contribution in [-0.2, 0) is 4.84 Å². The van der Waals surface area contributed by atoms with Crippen molar-refractivity contribution < 1.29 is 4.84 Å². The van der Waals surface area contributed by atoms with Gasteiger partial charge in [-0.15, -0.1) is 0 Å². The summed E-state index contributed by atoms with van der Waals surface area (Å²) >= 11 is 0. The topological polar surface area (TPSA) is 48.6 Å². The van der Waals surface area contributed by atoms with Crippen molar-refractivity contribution in [2.75, 3.05) is 6.61 Å². The first-order chi connectivity index (χ1) is 6.83. The Kier molecular flexibility index (Phi) is 3.05. The van der Waals surface area contributed by atoms with Crippen LogP contribution in [0.1, 0.15) is 41.0 Å². The highest BCUT2D eigenvalue weighted by molar-refractivity contribution is 5.82. The van der Waals surface area contributed by atoms with Gasteiger partial charge < -0.3 is 0 Å². The SMILES string of the molecule is CC1=NC(C)(C)C(C)(C)N1OCCC#N.